The summed E-state index contributed by atoms with van der Waals surface area (Å²) in [5, 5.41) is 5.56. The second-order valence-corrected chi connectivity index (χ2v) is 6.44. The number of hydrogen-bond donors (Lipinski definition) is 2. The maximum Gasteiger partial charge on any atom is 0.233 e. The third-order valence-corrected chi connectivity index (χ3v) is 4.83. The Morgan fingerprint density at radius 1 is 1.20 bits per heavy atom. The van der Waals surface area contributed by atoms with Crippen LogP contribution >= 0.6 is 0 Å². The van der Waals surface area contributed by atoms with Crippen molar-refractivity contribution in [1.29, 1.82) is 0 Å². The summed E-state index contributed by atoms with van der Waals surface area (Å²) in [7, 11) is 0. The Hall–Kier alpha value is -2.69. The van der Waals surface area contributed by atoms with Gasteiger partial charge in [-0.3, -0.25) is 9.59 Å². The quantitative estimate of drug-likeness (QED) is 0.879. The molecule has 0 radical (unpaired) electrons. The van der Waals surface area contributed by atoms with Crippen molar-refractivity contribution in [3.05, 3.63) is 71.3 Å². The molecule has 4 nitrogen and oxygen atoms in total. The van der Waals surface area contributed by atoms with Crippen LogP contribution in [0.2, 0.25) is 0 Å². The number of carbonyl (C=O) groups excluding carboxylic acids is 2. The van der Waals surface area contributed by atoms with Crippen molar-refractivity contribution in [3.63, 3.8) is 0 Å². The van der Waals surface area contributed by atoms with Crippen LogP contribution in [0.5, 0.6) is 0 Å². The number of benzene rings is 2. The minimum Gasteiger partial charge on any atom is -0.355 e. The fraction of sp³-hybridized carbons (Fsp3) is 0.300. The van der Waals surface area contributed by atoms with Gasteiger partial charge in [-0.25, -0.2) is 4.39 Å². The first-order chi connectivity index (χ1) is 12.1. The zero-order valence-corrected chi connectivity index (χ0v) is 14.1. The molecule has 2 unspecified atom stereocenters. The zero-order valence-electron chi connectivity index (χ0n) is 14.1. The van der Waals surface area contributed by atoms with Gasteiger partial charge in [-0.2, -0.15) is 0 Å². The second-order valence-electron chi connectivity index (χ2n) is 6.44. The topological polar surface area (TPSA) is 58.2 Å². The number of alkyl halides is 1. The molecule has 0 bridgehead atoms. The summed E-state index contributed by atoms with van der Waals surface area (Å²) in [4.78, 5) is 24.9. The van der Waals surface area contributed by atoms with E-state index >= 15 is 0 Å². The van der Waals surface area contributed by atoms with Gasteiger partial charge in [0.1, 0.15) is 12.1 Å². The zero-order chi connectivity index (χ0) is 17.9. The Morgan fingerprint density at radius 3 is 2.48 bits per heavy atom. The molecule has 3 rings (SSSR count). The van der Waals surface area contributed by atoms with E-state index in [0.717, 1.165) is 16.7 Å². The number of hydrogen-bond acceptors (Lipinski definition) is 2. The highest BCUT2D eigenvalue weighted by atomic mass is 19.1. The van der Waals surface area contributed by atoms with Crippen molar-refractivity contribution in [3.8, 4) is 0 Å². The van der Waals surface area contributed by atoms with Crippen LogP contribution in [-0.2, 0) is 15.0 Å². The highest BCUT2D eigenvalue weighted by Crippen LogP contribution is 2.32. The third-order valence-electron chi connectivity index (χ3n) is 4.83. The van der Waals surface area contributed by atoms with E-state index in [1.807, 2.05) is 61.5 Å². The van der Waals surface area contributed by atoms with Gasteiger partial charge in [-0.05, 0) is 23.6 Å². The number of halogens is 1. The fourth-order valence-electron chi connectivity index (χ4n) is 3.38. The monoisotopic (exact) mass is 340 g/mol. The van der Waals surface area contributed by atoms with E-state index in [9.17, 15) is 14.0 Å². The van der Waals surface area contributed by atoms with Crippen LogP contribution in [0, 0.1) is 6.92 Å². The van der Waals surface area contributed by atoms with Crippen molar-refractivity contribution in [2.75, 3.05) is 13.2 Å². The maximum atomic E-state index is 13.7. The minimum atomic E-state index is -1.01. The Bertz CT molecular complexity index is 778. The summed E-state index contributed by atoms with van der Waals surface area (Å²) < 4.78 is 13.7. The standard InChI is InChI=1S/C20H21FN2O2/c1-14-7-5-6-10-16(14)17(12-21)23-19(25)20(11-18(24)22-13-20)15-8-3-2-4-9-15/h2-10,17H,11-13H2,1H3,(H,22,24)(H,23,25). The summed E-state index contributed by atoms with van der Waals surface area (Å²) in [5.74, 6) is -0.505. The molecule has 0 aliphatic carbocycles. The van der Waals surface area contributed by atoms with Gasteiger partial charge in [-0.1, -0.05) is 54.6 Å². The normalized spacial score (nSPS) is 20.8. The fourth-order valence-corrected chi connectivity index (χ4v) is 3.38. The smallest absolute Gasteiger partial charge is 0.233 e. The van der Waals surface area contributed by atoms with Crippen LogP contribution in [0.25, 0.3) is 0 Å². The number of carbonyl (C=O) groups is 2. The Morgan fingerprint density at radius 2 is 1.88 bits per heavy atom. The lowest BCUT2D eigenvalue weighted by atomic mass is 9.78. The Labute approximate surface area is 146 Å². The summed E-state index contributed by atoms with van der Waals surface area (Å²) in [6, 6.07) is 15.9. The Balaban J connectivity index is 1.91. The predicted molar refractivity (Wildman–Crippen MR) is 93.8 cm³/mol. The molecule has 1 aliphatic heterocycles. The molecule has 2 amide bonds. The second kappa shape index (κ2) is 7.05. The van der Waals surface area contributed by atoms with Crippen molar-refractivity contribution in [1.82, 2.24) is 10.6 Å². The number of nitrogens with one attached hydrogen (secondary N) is 2. The van der Waals surface area contributed by atoms with Gasteiger partial charge in [-0.15, -0.1) is 0 Å². The van der Waals surface area contributed by atoms with Crippen LogP contribution in [0.4, 0.5) is 4.39 Å². The Kier molecular flexibility index (Phi) is 4.83. The van der Waals surface area contributed by atoms with E-state index in [2.05, 4.69) is 10.6 Å². The van der Waals surface area contributed by atoms with Crippen LogP contribution < -0.4 is 10.6 Å². The highest BCUT2D eigenvalue weighted by Gasteiger charge is 2.47. The van der Waals surface area contributed by atoms with E-state index in [0.29, 0.717) is 0 Å². The molecule has 2 aromatic carbocycles. The van der Waals surface area contributed by atoms with Gasteiger partial charge in [0.25, 0.3) is 0 Å². The van der Waals surface area contributed by atoms with Crippen LogP contribution in [0.3, 0.4) is 0 Å². The lowest BCUT2D eigenvalue weighted by Gasteiger charge is -2.29. The molecule has 2 aromatic rings. The van der Waals surface area contributed by atoms with Crippen LogP contribution in [-0.4, -0.2) is 25.0 Å². The van der Waals surface area contributed by atoms with Gasteiger partial charge in [0.2, 0.25) is 11.8 Å². The predicted octanol–water partition coefficient (Wildman–Crippen LogP) is 2.58. The van der Waals surface area contributed by atoms with Crippen LogP contribution in [0.1, 0.15) is 29.2 Å². The molecule has 0 saturated carbocycles. The average molecular weight is 340 g/mol. The molecular formula is C20H21FN2O2. The molecule has 1 aliphatic rings. The van der Waals surface area contributed by atoms with E-state index < -0.39 is 18.1 Å². The molecular weight excluding hydrogens is 319 g/mol. The van der Waals surface area contributed by atoms with Gasteiger partial charge in [0.15, 0.2) is 0 Å². The average Bonchev–Trinajstić information content (AvgIpc) is 3.04. The molecule has 1 saturated heterocycles. The molecule has 0 aromatic heterocycles. The molecule has 1 heterocycles. The van der Waals surface area contributed by atoms with Crippen molar-refractivity contribution in [2.24, 2.45) is 0 Å². The van der Waals surface area contributed by atoms with Crippen molar-refractivity contribution >= 4 is 11.8 Å². The first-order valence-corrected chi connectivity index (χ1v) is 8.31. The number of amides is 2. The van der Waals surface area contributed by atoms with E-state index in [1.54, 1.807) is 0 Å². The van der Waals surface area contributed by atoms with Gasteiger partial charge < -0.3 is 10.6 Å². The first kappa shape index (κ1) is 17.1. The van der Waals surface area contributed by atoms with Gasteiger partial charge >= 0.3 is 0 Å². The largest absolute Gasteiger partial charge is 0.355 e. The molecule has 130 valence electrons. The third kappa shape index (κ3) is 3.27. The number of aryl methyl sites for hydroxylation is 1. The summed E-state index contributed by atoms with van der Waals surface area (Å²) in [6.45, 7) is 1.40. The van der Waals surface area contributed by atoms with Gasteiger partial charge in [0.05, 0.1) is 6.04 Å². The molecule has 5 heteroatoms. The summed E-state index contributed by atoms with van der Waals surface area (Å²) in [5.41, 5.74) is 1.42. The van der Waals surface area contributed by atoms with Crippen molar-refractivity contribution < 1.29 is 14.0 Å². The van der Waals surface area contributed by atoms with Crippen molar-refractivity contribution in [2.45, 2.75) is 24.8 Å². The van der Waals surface area contributed by atoms with E-state index in [-0.39, 0.29) is 24.8 Å². The van der Waals surface area contributed by atoms with Gasteiger partial charge in [0, 0.05) is 13.0 Å². The number of rotatable bonds is 5. The molecule has 2 N–H and O–H groups in total. The molecule has 1 fully saturated rings. The van der Waals surface area contributed by atoms with Crippen LogP contribution in [0.15, 0.2) is 54.6 Å². The highest BCUT2D eigenvalue weighted by molar-refractivity contribution is 5.97. The summed E-state index contributed by atoms with van der Waals surface area (Å²) in [6.07, 6.45) is 0.0651. The maximum absolute atomic E-state index is 13.7. The molecule has 25 heavy (non-hydrogen) atoms. The van der Waals surface area contributed by atoms with E-state index in [4.69, 9.17) is 0 Å². The lowest BCUT2D eigenvalue weighted by Crippen LogP contribution is -2.47. The minimum absolute atomic E-state index is 0.0651. The summed E-state index contributed by atoms with van der Waals surface area (Å²) >= 11 is 0. The SMILES string of the molecule is Cc1ccccc1C(CF)NC(=O)C1(c2ccccc2)CNC(=O)C1. The first-order valence-electron chi connectivity index (χ1n) is 8.31. The van der Waals surface area contributed by atoms with E-state index in [1.165, 1.54) is 0 Å². The molecule has 2 atom stereocenters. The molecule has 0 spiro atoms. The lowest BCUT2D eigenvalue weighted by molar-refractivity contribution is -0.129.